The van der Waals surface area contributed by atoms with Gasteiger partial charge in [0.15, 0.2) is 26.9 Å². The molecule has 0 aliphatic heterocycles. The average Bonchev–Trinajstić information content (AvgIpc) is 3.85. The Hall–Kier alpha value is -3.80. The van der Waals surface area contributed by atoms with Crippen molar-refractivity contribution in [2.45, 2.75) is 69.9 Å². The van der Waals surface area contributed by atoms with E-state index in [4.69, 9.17) is 4.98 Å². The lowest BCUT2D eigenvalue weighted by atomic mass is 10.1. The molecule has 39 heavy (non-hydrogen) atoms. The molecule has 0 saturated heterocycles. The highest BCUT2D eigenvalue weighted by Gasteiger charge is 2.33. The van der Waals surface area contributed by atoms with Gasteiger partial charge >= 0.3 is 0 Å². The van der Waals surface area contributed by atoms with Gasteiger partial charge in [-0.15, -0.1) is 0 Å². The molecule has 0 spiro atoms. The normalized spacial score (nSPS) is 16.4. The van der Waals surface area contributed by atoms with E-state index >= 15 is 0 Å². The van der Waals surface area contributed by atoms with Crippen molar-refractivity contribution in [1.29, 1.82) is 0 Å². The van der Waals surface area contributed by atoms with Crippen molar-refractivity contribution in [3.8, 4) is 11.3 Å². The Morgan fingerprint density at radius 2 is 1.85 bits per heavy atom. The Kier molecular flexibility index (Phi) is 6.37. The first-order valence-corrected chi connectivity index (χ1v) is 14.9. The van der Waals surface area contributed by atoms with Crippen LogP contribution in [0.1, 0.15) is 68.6 Å². The molecule has 6 rings (SSSR count). The van der Waals surface area contributed by atoms with Crippen molar-refractivity contribution in [3.63, 3.8) is 0 Å². The van der Waals surface area contributed by atoms with Crippen molar-refractivity contribution < 1.29 is 8.42 Å². The van der Waals surface area contributed by atoms with Crippen molar-refractivity contribution in [3.05, 3.63) is 58.3 Å². The minimum atomic E-state index is -3.33. The van der Waals surface area contributed by atoms with Gasteiger partial charge in [0.1, 0.15) is 6.33 Å². The predicted octanol–water partition coefficient (Wildman–Crippen LogP) is 3.60. The first-order chi connectivity index (χ1) is 18.8. The van der Waals surface area contributed by atoms with Crippen LogP contribution >= 0.6 is 0 Å². The second kappa shape index (κ2) is 9.74. The summed E-state index contributed by atoms with van der Waals surface area (Å²) in [7, 11) is -3.33. The molecule has 2 aliphatic rings. The van der Waals surface area contributed by atoms with Gasteiger partial charge in [0, 0.05) is 23.7 Å². The van der Waals surface area contributed by atoms with Crippen LogP contribution in [0.2, 0.25) is 0 Å². The minimum absolute atomic E-state index is 0.00746. The molecule has 0 radical (unpaired) electrons. The molecule has 1 N–H and O–H groups in total. The number of fused-ring (bicyclic) bond motifs is 1. The molecular weight excluding hydrogens is 516 g/mol. The zero-order chi connectivity index (χ0) is 27.3. The van der Waals surface area contributed by atoms with Crippen LogP contribution in [0.3, 0.4) is 0 Å². The molecule has 202 valence electrons. The Balaban J connectivity index is 1.38. The molecule has 0 aromatic carbocycles. The lowest BCUT2D eigenvalue weighted by molar-refractivity contribution is 0.482. The molecule has 0 amide bonds. The molecule has 12 heteroatoms. The van der Waals surface area contributed by atoms with Crippen molar-refractivity contribution >= 4 is 26.9 Å². The lowest BCUT2D eigenvalue weighted by Gasteiger charge is -2.19. The molecule has 4 aromatic heterocycles. The summed E-state index contributed by atoms with van der Waals surface area (Å²) in [5, 5.41) is 3.09. The van der Waals surface area contributed by atoms with Gasteiger partial charge in [0.25, 0.3) is 5.56 Å². The number of anilines is 1. The molecular formula is C27H30N8O3S. The second-order valence-corrected chi connectivity index (χ2v) is 12.6. The van der Waals surface area contributed by atoms with Gasteiger partial charge in [0.05, 0.1) is 46.2 Å². The summed E-state index contributed by atoms with van der Waals surface area (Å²) >= 11 is 0. The molecule has 0 bridgehead atoms. The van der Waals surface area contributed by atoms with Crippen LogP contribution < -0.4 is 10.9 Å². The average molecular weight is 547 g/mol. The minimum Gasteiger partial charge on any atom is -0.360 e. The van der Waals surface area contributed by atoms with E-state index in [0.717, 1.165) is 42.6 Å². The van der Waals surface area contributed by atoms with Gasteiger partial charge in [-0.2, -0.15) is 0 Å². The zero-order valence-electron chi connectivity index (χ0n) is 22.1. The van der Waals surface area contributed by atoms with Crippen LogP contribution in [0, 0.1) is 12.8 Å². The SMILES string of the molecule is CCS(=O)(=O)c1ccc(CNc2nc3ncc(-c4c(C)ncnc4C4CC4)nc3n([C@@H](C)C3CC3)c2=O)nc1. The third kappa shape index (κ3) is 4.88. The number of aromatic nitrogens is 7. The second-order valence-electron chi connectivity index (χ2n) is 10.4. The highest BCUT2D eigenvalue weighted by molar-refractivity contribution is 7.91. The van der Waals surface area contributed by atoms with Crippen molar-refractivity contribution in [2.75, 3.05) is 11.1 Å². The van der Waals surface area contributed by atoms with E-state index in [1.165, 1.54) is 12.3 Å². The van der Waals surface area contributed by atoms with E-state index in [1.54, 1.807) is 30.1 Å². The van der Waals surface area contributed by atoms with E-state index in [-0.39, 0.29) is 34.6 Å². The monoisotopic (exact) mass is 546 g/mol. The van der Waals surface area contributed by atoms with E-state index in [0.29, 0.717) is 34.5 Å². The topological polar surface area (TPSA) is 146 Å². The van der Waals surface area contributed by atoms with Gasteiger partial charge in [-0.3, -0.25) is 14.3 Å². The summed E-state index contributed by atoms with van der Waals surface area (Å²) in [4.78, 5) is 41.2. The largest absolute Gasteiger partial charge is 0.360 e. The summed E-state index contributed by atoms with van der Waals surface area (Å²) < 4.78 is 25.9. The summed E-state index contributed by atoms with van der Waals surface area (Å²) in [6, 6.07) is 3.10. The lowest BCUT2D eigenvalue weighted by Crippen LogP contribution is -2.29. The standard InChI is InChI=1S/C27H30N8O3S/c1-4-39(37,38)20-10-9-19(28-12-20)11-29-25-27(36)35(16(3)17-5-6-17)26-24(34-25)30-13-21(33-26)22-15(2)31-14-32-23(22)18-7-8-18/h9-10,12-14,16-18H,4-8,11H2,1-3H3,(H,29,30,34)/t16-/m0/s1. The molecule has 1 atom stereocenters. The van der Waals surface area contributed by atoms with E-state index < -0.39 is 9.84 Å². The van der Waals surface area contributed by atoms with Gasteiger partial charge in [0.2, 0.25) is 0 Å². The molecule has 2 saturated carbocycles. The molecule has 4 heterocycles. The Bertz CT molecular complexity index is 1730. The fourth-order valence-electron chi connectivity index (χ4n) is 4.90. The van der Waals surface area contributed by atoms with Crippen LogP contribution in [0.25, 0.3) is 22.6 Å². The highest BCUT2D eigenvalue weighted by atomic mass is 32.2. The third-order valence-corrected chi connectivity index (χ3v) is 9.29. The number of sulfone groups is 1. The van der Waals surface area contributed by atoms with Gasteiger partial charge in [-0.25, -0.2) is 33.3 Å². The van der Waals surface area contributed by atoms with Crippen LogP contribution in [-0.4, -0.2) is 48.6 Å². The summed E-state index contributed by atoms with van der Waals surface area (Å²) in [5.74, 6) is 0.960. The highest BCUT2D eigenvalue weighted by Crippen LogP contribution is 2.44. The van der Waals surface area contributed by atoms with Crippen LogP contribution in [0.4, 0.5) is 5.82 Å². The van der Waals surface area contributed by atoms with Crippen molar-refractivity contribution in [1.82, 2.24) is 34.5 Å². The Morgan fingerprint density at radius 1 is 1.05 bits per heavy atom. The first kappa shape index (κ1) is 25.5. The maximum absolute atomic E-state index is 13.7. The van der Waals surface area contributed by atoms with E-state index in [9.17, 15) is 13.2 Å². The number of pyridine rings is 1. The number of nitrogens with one attached hydrogen (secondary N) is 1. The van der Waals surface area contributed by atoms with E-state index in [2.05, 4.69) is 30.2 Å². The quantitative estimate of drug-likeness (QED) is 0.330. The third-order valence-electron chi connectivity index (χ3n) is 7.57. The maximum atomic E-state index is 13.7. The molecule has 11 nitrogen and oxygen atoms in total. The van der Waals surface area contributed by atoms with Crippen LogP contribution in [0.5, 0.6) is 0 Å². The van der Waals surface area contributed by atoms with E-state index in [1.807, 2.05) is 13.8 Å². The fraction of sp³-hybridized carbons (Fsp3) is 0.444. The zero-order valence-corrected chi connectivity index (χ0v) is 22.9. The summed E-state index contributed by atoms with van der Waals surface area (Å²) in [5.41, 5.74) is 4.47. The Labute approximate surface area is 226 Å². The summed E-state index contributed by atoms with van der Waals surface area (Å²) in [6.45, 7) is 5.78. The van der Waals surface area contributed by atoms with Gasteiger partial charge in [-0.1, -0.05) is 6.92 Å². The number of hydrogen-bond acceptors (Lipinski definition) is 10. The summed E-state index contributed by atoms with van der Waals surface area (Å²) in [6.07, 6.45) is 8.92. The smallest absolute Gasteiger partial charge is 0.295 e. The number of hydrogen-bond donors (Lipinski definition) is 1. The van der Waals surface area contributed by atoms with Crippen LogP contribution in [0.15, 0.2) is 40.5 Å². The molecule has 2 fully saturated rings. The molecule has 2 aliphatic carbocycles. The van der Waals surface area contributed by atoms with Gasteiger partial charge < -0.3 is 5.32 Å². The maximum Gasteiger partial charge on any atom is 0.295 e. The molecule has 4 aromatic rings. The van der Waals surface area contributed by atoms with Crippen LogP contribution in [-0.2, 0) is 16.4 Å². The Morgan fingerprint density at radius 3 is 2.51 bits per heavy atom. The number of aryl methyl sites for hydroxylation is 1. The predicted molar refractivity (Wildman–Crippen MR) is 146 cm³/mol. The number of nitrogens with zero attached hydrogens (tertiary/aromatic N) is 7. The van der Waals surface area contributed by atoms with Gasteiger partial charge in [-0.05, 0) is 57.6 Å². The molecule has 0 unspecified atom stereocenters. The first-order valence-electron chi connectivity index (χ1n) is 13.3. The van der Waals surface area contributed by atoms with Crippen molar-refractivity contribution in [2.24, 2.45) is 5.92 Å². The number of rotatable bonds is 9. The fourth-order valence-corrected chi connectivity index (χ4v) is 5.72.